The molecule has 1 aliphatic carbocycles. The number of carbonyl (C=O) groups is 3. The maximum absolute atomic E-state index is 16.0. The number of hydrogen-bond donors (Lipinski definition) is 1. The highest BCUT2D eigenvalue weighted by molar-refractivity contribution is 6.30. The number of fused-ring (bicyclic) bond motifs is 1. The molecule has 1 aliphatic heterocycles. The van der Waals surface area contributed by atoms with Crippen molar-refractivity contribution < 1.29 is 23.5 Å². The van der Waals surface area contributed by atoms with Gasteiger partial charge in [0.2, 0.25) is 11.6 Å². The summed E-state index contributed by atoms with van der Waals surface area (Å²) in [5, 5.41) is 3.59. The fraction of sp³-hybridized carbons (Fsp3) is 0.286. The lowest BCUT2D eigenvalue weighted by Gasteiger charge is -2.42. The second-order valence-corrected chi connectivity index (χ2v) is 10.3. The fourth-order valence-electron chi connectivity index (χ4n) is 4.82. The van der Waals surface area contributed by atoms with E-state index < -0.39 is 23.5 Å². The van der Waals surface area contributed by atoms with Gasteiger partial charge in [-0.2, -0.15) is 0 Å². The third kappa shape index (κ3) is 4.57. The Labute approximate surface area is 228 Å². The van der Waals surface area contributed by atoms with E-state index in [0.29, 0.717) is 21.3 Å². The van der Waals surface area contributed by atoms with Crippen LogP contribution in [-0.2, 0) is 15.3 Å². The normalized spacial score (nSPS) is 19.3. The average molecular weight is 556 g/mol. The molecule has 2 aromatic carbocycles. The third-order valence-electron chi connectivity index (χ3n) is 6.90. The molecule has 0 unspecified atom stereocenters. The van der Waals surface area contributed by atoms with E-state index in [-0.39, 0.29) is 41.0 Å². The summed E-state index contributed by atoms with van der Waals surface area (Å²) in [6, 6.07) is 11.5. The predicted molar refractivity (Wildman–Crippen MR) is 139 cm³/mol. The molecule has 5 rings (SSSR count). The number of benzene rings is 2. The number of amides is 2. The van der Waals surface area contributed by atoms with Gasteiger partial charge in [0.05, 0.1) is 27.9 Å². The monoisotopic (exact) mass is 555 g/mol. The third-order valence-corrected chi connectivity index (χ3v) is 7.38. The molecule has 10 heteroatoms. The molecule has 0 bridgehead atoms. The van der Waals surface area contributed by atoms with Gasteiger partial charge in [-0.05, 0) is 63.1 Å². The van der Waals surface area contributed by atoms with Crippen LogP contribution in [0.4, 0.5) is 4.39 Å². The molecule has 3 aromatic rings. The van der Waals surface area contributed by atoms with Crippen molar-refractivity contribution in [3.8, 4) is 0 Å². The number of ether oxygens (including phenoxy) is 1. The molecule has 0 spiro atoms. The van der Waals surface area contributed by atoms with E-state index in [1.807, 2.05) is 0 Å². The minimum Gasteiger partial charge on any atom is -0.333 e. The van der Waals surface area contributed by atoms with Crippen LogP contribution in [0.1, 0.15) is 70.3 Å². The topological polar surface area (TPSA) is 88.6 Å². The van der Waals surface area contributed by atoms with E-state index in [0.717, 1.165) is 18.9 Å². The summed E-state index contributed by atoms with van der Waals surface area (Å²) >= 11 is 12.2. The first kappa shape index (κ1) is 26.3. The molecule has 38 heavy (non-hydrogen) atoms. The molecule has 1 aromatic heterocycles. The second-order valence-electron chi connectivity index (χ2n) is 9.44. The summed E-state index contributed by atoms with van der Waals surface area (Å²) in [7, 11) is 0. The number of carbonyl (C=O) groups excluding carboxylic acids is 3. The Hall–Kier alpha value is -3.33. The van der Waals surface area contributed by atoms with Crippen molar-refractivity contribution in [3.05, 3.63) is 98.5 Å². The zero-order valence-electron chi connectivity index (χ0n) is 20.6. The van der Waals surface area contributed by atoms with Gasteiger partial charge in [0.15, 0.2) is 5.78 Å². The van der Waals surface area contributed by atoms with E-state index in [9.17, 15) is 14.4 Å². The number of pyridine rings is 1. The number of nitrogens with one attached hydrogen (secondary N) is 1. The zero-order valence-corrected chi connectivity index (χ0v) is 22.1. The number of Topliss-reactive ketones (excluding diaryl/α,β-unsaturated/α-hetero) is 1. The van der Waals surface area contributed by atoms with Gasteiger partial charge in [-0.25, -0.2) is 4.39 Å². The SMILES string of the molecule is CC(=O)c1cc(F)c2c(c1)C(=O)N([C@@H](C)c1ccc(Cl)cn1)[C@@]2(OCNC(=O)C1CC1)c1ccc(Cl)cc1. The molecule has 2 heterocycles. The highest BCUT2D eigenvalue weighted by Gasteiger charge is 2.56. The first-order valence-electron chi connectivity index (χ1n) is 12.1. The molecule has 0 radical (unpaired) electrons. The van der Waals surface area contributed by atoms with Crippen LogP contribution in [-0.4, -0.2) is 34.2 Å². The number of halogens is 3. The number of hydrogen-bond acceptors (Lipinski definition) is 5. The highest BCUT2D eigenvalue weighted by Crippen LogP contribution is 2.50. The summed E-state index contributed by atoms with van der Waals surface area (Å²) in [5.41, 5.74) is -0.943. The van der Waals surface area contributed by atoms with E-state index in [1.54, 1.807) is 43.3 Å². The molecule has 1 fully saturated rings. The number of ketones is 1. The van der Waals surface area contributed by atoms with Gasteiger partial charge in [-0.15, -0.1) is 0 Å². The smallest absolute Gasteiger partial charge is 0.257 e. The standard InChI is InChI=1S/C28H24Cl2FN3O4/c1-15(24-10-9-21(30)13-32-24)34-27(37)22-11-18(16(2)35)12-23(31)25(22)28(34,19-5-7-20(29)8-6-19)38-14-33-26(36)17-3-4-17/h5-13,15,17H,3-4,14H2,1-2H3,(H,33,36)/t15-,28+/m0/s1. The molecule has 1 saturated carbocycles. The van der Waals surface area contributed by atoms with Gasteiger partial charge in [0, 0.05) is 28.3 Å². The summed E-state index contributed by atoms with van der Waals surface area (Å²) in [4.78, 5) is 44.4. The van der Waals surface area contributed by atoms with Crippen LogP contribution in [0.15, 0.2) is 54.7 Å². The Morgan fingerprint density at radius 2 is 1.84 bits per heavy atom. The van der Waals surface area contributed by atoms with Crippen LogP contribution in [0, 0.1) is 11.7 Å². The largest absolute Gasteiger partial charge is 0.333 e. The van der Waals surface area contributed by atoms with Crippen molar-refractivity contribution in [2.75, 3.05) is 6.73 Å². The number of rotatable bonds is 8. The van der Waals surface area contributed by atoms with Gasteiger partial charge in [0.1, 0.15) is 12.5 Å². The minimum atomic E-state index is -1.81. The van der Waals surface area contributed by atoms with Crippen molar-refractivity contribution in [2.24, 2.45) is 5.92 Å². The van der Waals surface area contributed by atoms with Crippen molar-refractivity contribution in [3.63, 3.8) is 0 Å². The molecule has 2 aliphatic rings. The molecule has 7 nitrogen and oxygen atoms in total. The maximum atomic E-state index is 16.0. The molecule has 0 saturated heterocycles. The number of aromatic nitrogens is 1. The molecule has 2 amide bonds. The first-order valence-corrected chi connectivity index (χ1v) is 12.9. The van der Waals surface area contributed by atoms with Gasteiger partial charge in [-0.3, -0.25) is 24.3 Å². The van der Waals surface area contributed by atoms with Gasteiger partial charge >= 0.3 is 0 Å². The van der Waals surface area contributed by atoms with Crippen LogP contribution in [0.3, 0.4) is 0 Å². The molecular formula is C28H24Cl2FN3O4. The lowest BCUT2D eigenvalue weighted by Crippen LogP contribution is -2.50. The second kappa shape index (κ2) is 10.1. The maximum Gasteiger partial charge on any atom is 0.257 e. The van der Waals surface area contributed by atoms with Gasteiger partial charge in [-0.1, -0.05) is 35.3 Å². The summed E-state index contributed by atoms with van der Waals surface area (Å²) in [5.74, 6) is -1.99. The Morgan fingerprint density at radius 1 is 1.16 bits per heavy atom. The Morgan fingerprint density at radius 3 is 2.45 bits per heavy atom. The predicted octanol–water partition coefficient (Wildman–Crippen LogP) is 5.65. The van der Waals surface area contributed by atoms with E-state index >= 15 is 4.39 Å². The van der Waals surface area contributed by atoms with Crippen molar-refractivity contribution in [1.82, 2.24) is 15.2 Å². The van der Waals surface area contributed by atoms with Crippen molar-refractivity contribution in [2.45, 2.75) is 38.5 Å². The number of nitrogens with zero attached hydrogens (tertiary/aromatic N) is 2. The lowest BCUT2D eigenvalue weighted by molar-refractivity contribution is -0.141. The zero-order chi connectivity index (χ0) is 27.2. The molecule has 2 atom stereocenters. The summed E-state index contributed by atoms with van der Waals surface area (Å²) in [6.45, 7) is 2.74. The summed E-state index contributed by atoms with van der Waals surface area (Å²) < 4.78 is 22.4. The Balaban J connectivity index is 1.72. The van der Waals surface area contributed by atoms with Crippen molar-refractivity contribution >= 4 is 40.8 Å². The first-order chi connectivity index (χ1) is 18.1. The van der Waals surface area contributed by atoms with Crippen LogP contribution >= 0.6 is 23.2 Å². The van der Waals surface area contributed by atoms with Crippen LogP contribution < -0.4 is 5.32 Å². The Kier molecular flexibility index (Phi) is 6.98. The molecule has 196 valence electrons. The van der Waals surface area contributed by atoms with Crippen LogP contribution in [0.25, 0.3) is 0 Å². The van der Waals surface area contributed by atoms with E-state index in [4.69, 9.17) is 27.9 Å². The van der Waals surface area contributed by atoms with Crippen LogP contribution in [0.5, 0.6) is 0 Å². The Bertz CT molecular complexity index is 1430. The van der Waals surface area contributed by atoms with E-state index in [1.165, 1.54) is 24.1 Å². The van der Waals surface area contributed by atoms with Gasteiger partial charge < -0.3 is 10.1 Å². The molecular weight excluding hydrogens is 532 g/mol. The van der Waals surface area contributed by atoms with Crippen LogP contribution in [0.2, 0.25) is 10.0 Å². The average Bonchev–Trinajstić information content (AvgIpc) is 3.70. The van der Waals surface area contributed by atoms with Gasteiger partial charge in [0.25, 0.3) is 5.91 Å². The highest BCUT2D eigenvalue weighted by atomic mass is 35.5. The molecule has 1 N–H and O–H groups in total. The van der Waals surface area contributed by atoms with E-state index in [2.05, 4.69) is 10.3 Å². The lowest BCUT2D eigenvalue weighted by atomic mass is 9.90. The quantitative estimate of drug-likeness (QED) is 0.286. The summed E-state index contributed by atoms with van der Waals surface area (Å²) in [6.07, 6.45) is 3.04. The van der Waals surface area contributed by atoms with Crippen molar-refractivity contribution in [1.29, 1.82) is 0 Å². The fourth-order valence-corrected chi connectivity index (χ4v) is 5.06. The minimum absolute atomic E-state index is 0.0144.